The molecule has 0 amide bonds. The number of hydrogen-bond acceptors (Lipinski definition) is 5. The van der Waals surface area contributed by atoms with Gasteiger partial charge in [-0.2, -0.15) is 0 Å². The van der Waals surface area contributed by atoms with E-state index >= 15 is 0 Å². The summed E-state index contributed by atoms with van der Waals surface area (Å²) >= 11 is 0. The molecule has 1 unspecified atom stereocenters. The predicted octanol–water partition coefficient (Wildman–Crippen LogP) is 0.168. The fourth-order valence-electron chi connectivity index (χ4n) is 1.95. The second-order valence-electron chi connectivity index (χ2n) is 4.09. The van der Waals surface area contributed by atoms with Crippen LogP contribution in [-0.2, 0) is 9.84 Å². The first kappa shape index (κ1) is 11.5. The summed E-state index contributed by atoms with van der Waals surface area (Å²) < 4.78 is 24.2. The summed E-state index contributed by atoms with van der Waals surface area (Å²) in [4.78, 5) is 7.88. The minimum Gasteiger partial charge on any atom is -0.316 e. The van der Waals surface area contributed by atoms with Crippen LogP contribution in [0.2, 0.25) is 0 Å². The lowest BCUT2D eigenvalue weighted by Gasteiger charge is -2.09. The van der Waals surface area contributed by atoms with E-state index in [-0.39, 0.29) is 16.7 Å². The maximum atomic E-state index is 12.1. The highest BCUT2D eigenvalue weighted by Crippen LogP contribution is 2.17. The predicted molar refractivity (Wildman–Crippen MR) is 59.8 cm³/mol. The molecule has 0 radical (unpaired) electrons. The first-order chi connectivity index (χ1) is 7.59. The molecule has 1 aliphatic rings. The van der Waals surface area contributed by atoms with E-state index in [4.69, 9.17) is 0 Å². The maximum Gasteiger partial charge on any atom is 0.197 e. The van der Waals surface area contributed by atoms with Crippen LogP contribution in [0.4, 0.5) is 0 Å². The number of hydrogen-bond donors (Lipinski definition) is 1. The van der Waals surface area contributed by atoms with Crippen molar-refractivity contribution < 1.29 is 8.42 Å². The molecule has 1 N–H and O–H groups in total. The van der Waals surface area contributed by atoms with Crippen LogP contribution in [0, 0.1) is 12.8 Å². The van der Waals surface area contributed by atoms with Crippen molar-refractivity contribution in [1.29, 1.82) is 0 Å². The van der Waals surface area contributed by atoms with E-state index in [1.54, 1.807) is 6.92 Å². The molecule has 2 heterocycles. The molecule has 2 rings (SSSR count). The van der Waals surface area contributed by atoms with Gasteiger partial charge in [0.2, 0.25) is 0 Å². The van der Waals surface area contributed by atoms with Crippen LogP contribution in [0.25, 0.3) is 0 Å². The molecule has 1 saturated heterocycles. The zero-order chi connectivity index (χ0) is 11.6. The molecule has 0 bridgehead atoms. The van der Waals surface area contributed by atoms with Gasteiger partial charge in [-0.3, -0.25) is 4.98 Å². The Hall–Kier alpha value is -1.01. The van der Waals surface area contributed by atoms with Crippen molar-refractivity contribution in [2.24, 2.45) is 5.92 Å². The van der Waals surface area contributed by atoms with Crippen LogP contribution < -0.4 is 5.32 Å². The normalized spacial score (nSPS) is 21.2. The third kappa shape index (κ3) is 2.38. The highest BCUT2D eigenvalue weighted by Gasteiger charge is 2.26. The van der Waals surface area contributed by atoms with Crippen LogP contribution >= 0.6 is 0 Å². The summed E-state index contributed by atoms with van der Waals surface area (Å²) in [7, 11) is -3.29. The van der Waals surface area contributed by atoms with Crippen LogP contribution in [0.5, 0.6) is 0 Å². The van der Waals surface area contributed by atoms with Gasteiger partial charge >= 0.3 is 0 Å². The molecule has 6 heteroatoms. The highest BCUT2D eigenvalue weighted by molar-refractivity contribution is 7.91. The Morgan fingerprint density at radius 3 is 2.81 bits per heavy atom. The molecular weight excluding hydrogens is 226 g/mol. The molecule has 0 saturated carbocycles. The van der Waals surface area contributed by atoms with Crippen molar-refractivity contribution in [2.45, 2.75) is 18.4 Å². The Bertz CT molecular complexity index is 467. The molecule has 1 aliphatic heterocycles. The maximum absolute atomic E-state index is 12.1. The monoisotopic (exact) mass is 241 g/mol. The van der Waals surface area contributed by atoms with Gasteiger partial charge in [0, 0.05) is 12.4 Å². The minimum atomic E-state index is -3.29. The largest absolute Gasteiger partial charge is 0.316 e. The van der Waals surface area contributed by atoms with Crippen molar-refractivity contribution in [3.63, 3.8) is 0 Å². The van der Waals surface area contributed by atoms with Crippen LogP contribution in [-0.4, -0.2) is 37.2 Å². The molecule has 1 aromatic heterocycles. The van der Waals surface area contributed by atoms with Gasteiger partial charge in [0.25, 0.3) is 0 Å². The van der Waals surface area contributed by atoms with Gasteiger partial charge in [-0.25, -0.2) is 13.4 Å². The summed E-state index contributed by atoms with van der Waals surface area (Å²) in [5, 5.41) is 3.29. The fraction of sp³-hybridized carbons (Fsp3) is 0.600. The van der Waals surface area contributed by atoms with Gasteiger partial charge in [0.1, 0.15) is 0 Å². The number of aryl methyl sites for hydroxylation is 1. The summed E-state index contributed by atoms with van der Waals surface area (Å²) in [6.07, 6.45) is 3.84. The number of nitrogens with one attached hydrogen (secondary N) is 1. The average molecular weight is 241 g/mol. The van der Waals surface area contributed by atoms with Gasteiger partial charge in [0.05, 0.1) is 11.4 Å². The summed E-state index contributed by atoms with van der Waals surface area (Å²) in [5.41, 5.74) is 0.480. The second-order valence-corrected chi connectivity index (χ2v) is 6.04. The second kappa shape index (κ2) is 4.47. The van der Waals surface area contributed by atoms with Gasteiger partial charge in [-0.05, 0) is 32.4 Å². The fourth-order valence-corrected chi connectivity index (χ4v) is 3.73. The molecular formula is C10H15N3O2S. The Balaban J connectivity index is 2.21. The van der Waals surface area contributed by atoms with Crippen molar-refractivity contribution >= 4 is 9.84 Å². The highest BCUT2D eigenvalue weighted by atomic mass is 32.2. The third-order valence-electron chi connectivity index (χ3n) is 2.75. The molecule has 0 spiro atoms. The summed E-state index contributed by atoms with van der Waals surface area (Å²) in [5.74, 6) is 0.367. The van der Waals surface area contributed by atoms with Crippen LogP contribution in [0.3, 0.4) is 0 Å². The van der Waals surface area contributed by atoms with Gasteiger partial charge in [-0.15, -0.1) is 0 Å². The van der Waals surface area contributed by atoms with E-state index in [1.807, 2.05) is 0 Å². The molecule has 1 aromatic rings. The SMILES string of the molecule is Cc1nccnc1S(=O)(=O)CC1CCNC1. The number of sulfone groups is 1. The van der Waals surface area contributed by atoms with Crippen molar-refractivity contribution in [1.82, 2.24) is 15.3 Å². The van der Waals surface area contributed by atoms with Crippen LogP contribution in [0.15, 0.2) is 17.4 Å². The third-order valence-corrected chi connectivity index (χ3v) is 4.65. The average Bonchev–Trinajstić information content (AvgIpc) is 2.70. The van der Waals surface area contributed by atoms with Gasteiger partial charge in [0.15, 0.2) is 14.9 Å². The molecule has 88 valence electrons. The van der Waals surface area contributed by atoms with E-state index in [9.17, 15) is 8.42 Å². The zero-order valence-corrected chi connectivity index (χ0v) is 10.00. The van der Waals surface area contributed by atoms with Crippen molar-refractivity contribution in [3.8, 4) is 0 Å². The number of nitrogens with zero attached hydrogens (tertiary/aromatic N) is 2. The first-order valence-electron chi connectivity index (χ1n) is 5.30. The summed E-state index contributed by atoms with van der Waals surface area (Å²) in [6.45, 7) is 3.35. The lowest BCUT2D eigenvalue weighted by Crippen LogP contribution is -2.20. The quantitative estimate of drug-likeness (QED) is 0.816. The van der Waals surface area contributed by atoms with E-state index < -0.39 is 9.84 Å². The van der Waals surface area contributed by atoms with E-state index in [0.29, 0.717) is 5.69 Å². The lowest BCUT2D eigenvalue weighted by atomic mass is 10.2. The Morgan fingerprint density at radius 1 is 1.44 bits per heavy atom. The Labute approximate surface area is 95.2 Å². The van der Waals surface area contributed by atoms with E-state index in [1.165, 1.54) is 12.4 Å². The first-order valence-corrected chi connectivity index (χ1v) is 6.96. The molecule has 0 aliphatic carbocycles. The molecule has 0 aromatic carbocycles. The lowest BCUT2D eigenvalue weighted by molar-refractivity contribution is 0.565. The Kier molecular flexibility index (Phi) is 3.20. The number of aromatic nitrogens is 2. The van der Waals surface area contributed by atoms with Gasteiger partial charge in [-0.1, -0.05) is 0 Å². The summed E-state index contributed by atoms with van der Waals surface area (Å²) in [6, 6.07) is 0. The van der Waals surface area contributed by atoms with Gasteiger partial charge < -0.3 is 5.32 Å². The van der Waals surface area contributed by atoms with Crippen molar-refractivity contribution in [2.75, 3.05) is 18.8 Å². The smallest absolute Gasteiger partial charge is 0.197 e. The topological polar surface area (TPSA) is 72.0 Å². The zero-order valence-electron chi connectivity index (χ0n) is 9.18. The molecule has 1 atom stereocenters. The standard InChI is InChI=1S/C10H15N3O2S/c1-8-10(13-5-4-12-8)16(14,15)7-9-2-3-11-6-9/h4-5,9,11H,2-3,6-7H2,1H3. The van der Waals surface area contributed by atoms with Crippen LogP contribution in [0.1, 0.15) is 12.1 Å². The van der Waals surface area contributed by atoms with E-state index in [2.05, 4.69) is 15.3 Å². The Morgan fingerprint density at radius 2 is 2.19 bits per heavy atom. The molecule has 5 nitrogen and oxygen atoms in total. The number of rotatable bonds is 3. The molecule has 16 heavy (non-hydrogen) atoms. The van der Waals surface area contributed by atoms with Crippen molar-refractivity contribution in [3.05, 3.63) is 18.1 Å². The minimum absolute atomic E-state index is 0.127. The molecule has 1 fully saturated rings. The van der Waals surface area contributed by atoms with E-state index in [0.717, 1.165) is 19.5 Å².